The number of hydrogen-bond acceptors (Lipinski definition) is 4. The Hall–Kier alpha value is -2.78. The van der Waals surface area contributed by atoms with E-state index in [0.29, 0.717) is 0 Å². The third-order valence-corrected chi connectivity index (χ3v) is 5.32. The van der Waals surface area contributed by atoms with Gasteiger partial charge >= 0.3 is 0 Å². The average molecular weight is 371 g/mol. The molecule has 2 rings (SSSR count). The van der Waals surface area contributed by atoms with E-state index >= 15 is 0 Å². The van der Waals surface area contributed by atoms with Gasteiger partial charge in [0.1, 0.15) is 12.4 Å². The summed E-state index contributed by atoms with van der Waals surface area (Å²) in [6.07, 6.45) is -0.0986. The SMILES string of the molecule is Cc1ccccc1OCC#CCNC(=O)CCS(=O)(=O)c1ccccc1. The van der Waals surface area contributed by atoms with E-state index < -0.39 is 9.84 Å². The van der Waals surface area contributed by atoms with Gasteiger partial charge in [-0.1, -0.05) is 48.2 Å². The molecule has 26 heavy (non-hydrogen) atoms. The maximum absolute atomic E-state index is 12.1. The molecule has 0 aliphatic rings. The number of amides is 1. The Bertz CT molecular complexity index is 896. The first-order valence-electron chi connectivity index (χ1n) is 8.18. The summed E-state index contributed by atoms with van der Waals surface area (Å²) in [6, 6.07) is 15.7. The second-order valence-corrected chi connectivity index (χ2v) is 7.68. The molecule has 6 heteroatoms. The number of hydrogen-bond donors (Lipinski definition) is 1. The van der Waals surface area contributed by atoms with E-state index in [1.165, 1.54) is 12.1 Å². The van der Waals surface area contributed by atoms with E-state index in [0.717, 1.165) is 11.3 Å². The molecule has 0 radical (unpaired) electrons. The molecule has 0 aliphatic carbocycles. The van der Waals surface area contributed by atoms with E-state index in [4.69, 9.17) is 4.74 Å². The number of carbonyl (C=O) groups is 1. The lowest BCUT2D eigenvalue weighted by Gasteiger charge is -2.05. The molecule has 0 fully saturated rings. The van der Waals surface area contributed by atoms with Gasteiger partial charge in [-0.05, 0) is 30.7 Å². The number of nitrogens with one attached hydrogen (secondary N) is 1. The van der Waals surface area contributed by atoms with Gasteiger partial charge in [-0.25, -0.2) is 8.42 Å². The second-order valence-electron chi connectivity index (χ2n) is 5.57. The van der Waals surface area contributed by atoms with Crippen LogP contribution in [0.15, 0.2) is 59.5 Å². The van der Waals surface area contributed by atoms with Gasteiger partial charge < -0.3 is 10.1 Å². The summed E-state index contributed by atoms with van der Waals surface area (Å²) in [5.41, 5.74) is 1.03. The van der Waals surface area contributed by atoms with Crippen LogP contribution in [0.5, 0.6) is 5.75 Å². The van der Waals surface area contributed by atoms with E-state index in [-0.39, 0.29) is 36.1 Å². The first kappa shape index (κ1) is 19.5. The molecule has 0 spiro atoms. The minimum atomic E-state index is -3.45. The highest BCUT2D eigenvalue weighted by molar-refractivity contribution is 7.91. The number of benzene rings is 2. The predicted octanol–water partition coefficient (Wildman–Crippen LogP) is 2.36. The fraction of sp³-hybridized carbons (Fsp3) is 0.250. The first-order chi connectivity index (χ1) is 12.5. The smallest absolute Gasteiger partial charge is 0.221 e. The third kappa shape index (κ3) is 6.26. The van der Waals surface area contributed by atoms with Crippen LogP contribution in [0.25, 0.3) is 0 Å². The van der Waals surface area contributed by atoms with Gasteiger partial charge in [0.15, 0.2) is 9.84 Å². The van der Waals surface area contributed by atoms with Crippen LogP contribution in [0.2, 0.25) is 0 Å². The molecule has 1 amide bonds. The minimum absolute atomic E-state index is 0.0986. The molecule has 5 nitrogen and oxygen atoms in total. The lowest BCUT2D eigenvalue weighted by molar-refractivity contribution is -0.120. The van der Waals surface area contributed by atoms with Gasteiger partial charge in [-0.15, -0.1) is 0 Å². The quantitative estimate of drug-likeness (QED) is 0.759. The van der Waals surface area contributed by atoms with Crippen LogP contribution < -0.4 is 10.1 Å². The molecule has 0 unspecified atom stereocenters. The average Bonchev–Trinajstić information content (AvgIpc) is 2.65. The number of rotatable bonds is 7. The van der Waals surface area contributed by atoms with Crippen molar-refractivity contribution < 1.29 is 17.9 Å². The molecule has 0 atom stereocenters. The topological polar surface area (TPSA) is 72.5 Å². The molecule has 0 saturated heterocycles. The maximum Gasteiger partial charge on any atom is 0.221 e. The van der Waals surface area contributed by atoms with E-state index in [1.807, 2.05) is 31.2 Å². The fourth-order valence-electron chi connectivity index (χ4n) is 2.15. The molecular formula is C20H21NO4S. The van der Waals surface area contributed by atoms with Crippen LogP contribution in [-0.2, 0) is 14.6 Å². The summed E-state index contributed by atoms with van der Waals surface area (Å²) in [5.74, 6) is 5.78. The first-order valence-corrected chi connectivity index (χ1v) is 9.83. The standard InChI is InChI=1S/C20H21NO4S/c1-17-9-5-6-12-19(17)25-15-8-7-14-21-20(22)13-16-26(23,24)18-10-3-2-4-11-18/h2-6,9-12H,13-16H2,1H3,(H,21,22). The molecule has 0 aromatic heterocycles. The second kappa shape index (κ2) is 9.64. The van der Waals surface area contributed by atoms with Crippen molar-refractivity contribution in [2.45, 2.75) is 18.2 Å². The summed E-state index contributed by atoms with van der Waals surface area (Å²) in [5, 5.41) is 2.58. The molecule has 136 valence electrons. The van der Waals surface area contributed by atoms with Gasteiger partial charge in [0.05, 0.1) is 17.2 Å². The van der Waals surface area contributed by atoms with Crippen LogP contribution >= 0.6 is 0 Å². The molecule has 0 bridgehead atoms. The molecular weight excluding hydrogens is 350 g/mol. The summed E-state index contributed by atoms with van der Waals surface area (Å²) in [4.78, 5) is 12.0. The highest BCUT2D eigenvalue weighted by Gasteiger charge is 2.15. The molecule has 0 heterocycles. The van der Waals surface area contributed by atoms with Crippen LogP contribution in [0.3, 0.4) is 0 Å². The van der Waals surface area contributed by atoms with Crippen LogP contribution in [0, 0.1) is 18.8 Å². The highest BCUT2D eigenvalue weighted by Crippen LogP contribution is 2.15. The van der Waals surface area contributed by atoms with E-state index in [1.54, 1.807) is 18.2 Å². The lowest BCUT2D eigenvalue weighted by Crippen LogP contribution is -2.26. The molecule has 2 aromatic rings. The van der Waals surface area contributed by atoms with Crippen LogP contribution in [0.1, 0.15) is 12.0 Å². The summed E-state index contributed by atoms with van der Waals surface area (Å²) >= 11 is 0. The van der Waals surface area contributed by atoms with Gasteiger partial charge in [-0.2, -0.15) is 0 Å². The van der Waals surface area contributed by atoms with Gasteiger partial charge in [-0.3, -0.25) is 4.79 Å². The highest BCUT2D eigenvalue weighted by atomic mass is 32.2. The number of ether oxygens (including phenoxy) is 1. The predicted molar refractivity (Wildman–Crippen MR) is 101 cm³/mol. The number of sulfone groups is 1. The Morgan fingerprint density at radius 3 is 2.46 bits per heavy atom. The monoisotopic (exact) mass is 371 g/mol. The summed E-state index contributed by atoms with van der Waals surface area (Å²) in [7, 11) is -3.45. The largest absolute Gasteiger partial charge is 0.481 e. The number of aryl methyl sites for hydroxylation is 1. The zero-order valence-corrected chi connectivity index (χ0v) is 15.4. The zero-order chi connectivity index (χ0) is 18.8. The van der Waals surface area contributed by atoms with Gasteiger partial charge in [0.25, 0.3) is 0 Å². The minimum Gasteiger partial charge on any atom is -0.481 e. The van der Waals surface area contributed by atoms with E-state index in [9.17, 15) is 13.2 Å². The Morgan fingerprint density at radius 1 is 1.04 bits per heavy atom. The van der Waals surface area contributed by atoms with Gasteiger partial charge in [0, 0.05) is 6.42 Å². The lowest BCUT2D eigenvalue weighted by atomic mass is 10.2. The normalized spacial score (nSPS) is 10.5. The van der Waals surface area contributed by atoms with Crippen molar-refractivity contribution in [1.82, 2.24) is 5.32 Å². The third-order valence-electron chi connectivity index (χ3n) is 3.59. The number of para-hydroxylation sites is 1. The number of carbonyl (C=O) groups excluding carboxylic acids is 1. The molecule has 0 saturated carbocycles. The Morgan fingerprint density at radius 2 is 1.73 bits per heavy atom. The molecule has 0 aliphatic heterocycles. The van der Waals surface area contributed by atoms with Crippen LogP contribution in [-0.4, -0.2) is 33.2 Å². The Labute approximate surface area is 154 Å². The van der Waals surface area contributed by atoms with Crippen LogP contribution in [0.4, 0.5) is 0 Å². The van der Waals surface area contributed by atoms with Crippen molar-refractivity contribution in [2.75, 3.05) is 18.9 Å². The Balaban J connectivity index is 1.69. The zero-order valence-electron chi connectivity index (χ0n) is 14.6. The molecule has 2 aromatic carbocycles. The summed E-state index contributed by atoms with van der Waals surface area (Å²) in [6.45, 7) is 2.33. The summed E-state index contributed by atoms with van der Waals surface area (Å²) < 4.78 is 29.7. The molecule has 1 N–H and O–H groups in total. The van der Waals surface area contributed by atoms with Gasteiger partial charge in [0.2, 0.25) is 5.91 Å². The maximum atomic E-state index is 12.1. The van der Waals surface area contributed by atoms with Crippen molar-refractivity contribution in [3.63, 3.8) is 0 Å². The van der Waals surface area contributed by atoms with Crippen molar-refractivity contribution in [3.8, 4) is 17.6 Å². The van der Waals surface area contributed by atoms with E-state index in [2.05, 4.69) is 17.2 Å². The Kier molecular flexibility index (Phi) is 7.24. The van der Waals surface area contributed by atoms with Crippen molar-refractivity contribution >= 4 is 15.7 Å². The van der Waals surface area contributed by atoms with Crippen molar-refractivity contribution in [1.29, 1.82) is 0 Å². The fourth-order valence-corrected chi connectivity index (χ4v) is 3.41. The van der Waals surface area contributed by atoms with Crippen molar-refractivity contribution in [2.24, 2.45) is 0 Å². The van der Waals surface area contributed by atoms with Crippen molar-refractivity contribution in [3.05, 3.63) is 60.2 Å².